The molecule has 7 nitrogen and oxygen atoms in total. The molecule has 32 heavy (non-hydrogen) atoms. The van der Waals surface area contributed by atoms with Crippen LogP contribution in [0.15, 0.2) is 24.4 Å². The lowest BCUT2D eigenvalue weighted by atomic mass is 9.98. The number of aryl methyl sites for hydroxylation is 1. The number of hydrogen-bond acceptors (Lipinski definition) is 6. The van der Waals surface area contributed by atoms with Crippen molar-refractivity contribution < 1.29 is 9.53 Å². The first-order valence-corrected chi connectivity index (χ1v) is 11.5. The van der Waals surface area contributed by atoms with E-state index in [-0.39, 0.29) is 11.6 Å². The number of aromatic nitrogens is 2. The van der Waals surface area contributed by atoms with Crippen molar-refractivity contribution >= 4 is 29.3 Å². The molecule has 4 rings (SSSR count). The van der Waals surface area contributed by atoms with Crippen molar-refractivity contribution in [2.75, 3.05) is 23.7 Å². The molecule has 1 saturated heterocycles. The molecule has 2 fully saturated rings. The van der Waals surface area contributed by atoms with Gasteiger partial charge in [-0.15, -0.1) is 0 Å². The van der Waals surface area contributed by atoms with Gasteiger partial charge in [0.1, 0.15) is 17.1 Å². The molecule has 0 spiro atoms. The van der Waals surface area contributed by atoms with Gasteiger partial charge in [0.05, 0.1) is 11.2 Å². The summed E-state index contributed by atoms with van der Waals surface area (Å²) in [6, 6.07) is 5.81. The molecule has 0 bridgehead atoms. The van der Waals surface area contributed by atoms with Crippen molar-refractivity contribution in [1.29, 1.82) is 0 Å². The molecule has 2 aromatic rings. The van der Waals surface area contributed by atoms with E-state index in [0.717, 1.165) is 42.9 Å². The topological polar surface area (TPSA) is 93.4 Å². The number of benzene rings is 1. The van der Waals surface area contributed by atoms with E-state index in [9.17, 15) is 4.79 Å². The summed E-state index contributed by atoms with van der Waals surface area (Å²) in [5.74, 6) is 2.11. The summed E-state index contributed by atoms with van der Waals surface area (Å²) in [6.45, 7) is 11.4. The van der Waals surface area contributed by atoms with E-state index in [1.54, 1.807) is 6.20 Å². The van der Waals surface area contributed by atoms with E-state index >= 15 is 0 Å². The monoisotopic (exact) mass is 457 g/mol. The number of hydrogen-bond donors (Lipinski definition) is 2. The number of amides is 1. The zero-order valence-electron chi connectivity index (χ0n) is 19.4. The van der Waals surface area contributed by atoms with Gasteiger partial charge in [-0.2, -0.15) is 0 Å². The number of nitrogens with one attached hydrogen (secondary N) is 1. The Hall–Kier alpha value is -2.54. The van der Waals surface area contributed by atoms with Gasteiger partial charge in [-0.3, -0.25) is 0 Å². The largest absolute Gasteiger partial charge is 0.444 e. The second-order valence-electron chi connectivity index (χ2n) is 10.4. The van der Waals surface area contributed by atoms with Crippen LogP contribution in [-0.2, 0) is 4.74 Å². The molecule has 3 atom stereocenters. The highest BCUT2D eigenvalue weighted by Crippen LogP contribution is 2.45. The van der Waals surface area contributed by atoms with Crippen molar-refractivity contribution in [3.63, 3.8) is 0 Å². The van der Waals surface area contributed by atoms with E-state index in [2.05, 4.69) is 27.1 Å². The van der Waals surface area contributed by atoms with Gasteiger partial charge < -0.3 is 20.7 Å². The van der Waals surface area contributed by atoms with Gasteiger partial charge in [0.2, 0.25) is 0 Å². The van der Waals surface area contributed by atoms with Gasteiger partial charge in [-0.25, -0.2) is 14.8 Å². The normalized spacial score (nSPS) is 25.0. The Labute approximate surface area is 194 Å². The predicted octanol–water partition coefficient (Wildman–Crippen LogP) is 4.82. The van der Waals surface area contributed by atoms with Crippen LogP contribution >= 0.6 is 11.6 Å². The lowest BCUT2D eigenvalue weighted by Crippen LogP contribution is -2.47. The lowest BCUT2D eigenvalue weighted by Gasteiger charge is -2.30. The Bertz CT molecular complexity index is 1020. The van der Waals surface area contributed by atoms with E-state index < -0.39 is 5.60 Å². The van der Waals surface area contributed by atoms with Crippen molar-refractivity contribution in [2.24, 2.45) is 11.8 Å². The van der Waals surface area contributed by atoms with Crippen LogP contribution in [-0.4, -0.2) is 40.3 Å². The number of nitrogen functional groups attached to an aromatic ring is 1. The third-order valence-electron chi connectivity index (χ3n) is 6.36. The molecule has 2 heterocycles. The third kappa shape index (κ3) is 4.63. The number of carbonyl (C=O) groups excluding carboxylic acids is 1. The number of nitrogens with two attached hydrogens (primary N) is 1. The fourth-order valence-electron chi connectivity index (χ4n) is 5.06. The molecule has 1 aromatic carbocycles. The first kappa shape index (κ1) is 22.6. The van der Waals surface area contributed by atoms with Crippen LogP contribution in [0.25, 0.3) is 11.3 Å². The summed E-state index contributed by atoms with van der Waals surface area (Å²) >= 11 is 6.46. The van der Waals surface area contributed by atoms with Gasteiger partial charge in [0.25, 0.3) is 0 Å². The number of anilines is 2. The minimum atomic E-state index is -0.501. The smallest absolute Gasteiger partial charge is 0.408 e. The summed E-state index contributed by atoms with van der Waals surface area (Å²) < 4.78 is 5.45. The average Bonchev–Trinajstić information content (AvgIpc) is 3.17. The van der Waals surface area contributed by atoms with Crippen molar-refractivity contribution in [3.8, 4) is 11.3 Å². The summed E-state index contributed by atoms with van der Waals surface area (Å²) in [5, 5.41) is 3.75. The highest BCUT2D eigenvalue weighted by Gasteiger charge is 2.48. The van der Waals surface area contributed by atoms with Crippen LogP contribution in [0.4, 0.5) is 16.4 Å². The van der Waals surface area contributed by atoms with Gasteiger partial charge in [-0.1, -0.05) is 29.8 Å². The van der Waals surface area contributed by atoms with Gasteiger partial charge in [0.15, 0.2) is 5.82 Å². The number of rotatable bonds is 3. The summed E-state index contributed by atoms with van der Waals surface area (Å²) in [5.41, 5.74) is 7.91. The molecule has 1 saturated carbocycles. The van der Waals surface area contributed by atoms with Crippen molar-refractivity contribution in [3.05, 3.63) is 35.0 Å². The number of ether oxygens (including phenoxy) is 1. The Morgan fingerprint density at radius 3 is 2.53 bits per heavy atom. The molecule has 1 amide bonds. The Morgan fingerprint density at radius 2 is 1.94 bits per heavy atom. The van der Waals surface area contributed by atoms with Gasteiger partial charge in [-0.05, 0) is 64.9 Å². The van der Waals surface area contributed by atoms with Gasteiger partial charge >= 0.3 is 6.09 Å². The predicted molar refractivity (Wildman–Crippen MR) is 128 cm³/mol. The van der Waals surface area contributed by atoms with Crippen LogP contribution < -0.4 is 16.0 Å². The number of halogens is 1. The van der Waals surface area contributed by atoms with Crippen LogP contribution in [0, 0.1) is 18.8 Å². The fraction of sp³-hybridized carbons (Fsp3) is 0.542. The molecular weight excluding hydrogens is 426 g/mol. The number of fused-ring (bicyclic) bond motifs is 1. The zero-order chi connectivity index (χ0) is 23.3. The highest BCUT2D eigenvalue weighted by molar-refractivity contribution is 6.34. The van der Waals surface area contributed by atoms with Crippen molar-refractivity contribution in [1.82, 2.24) is 15.3 Å². The molecule has 2 aliphatic rings. The van der Waals surface area contributed by atoms with E-state index in [4.69, 9.17) is 22.1 Å². The highest BCUT2D eigenvalue weighted by atomic mass is 35.5. The van der Waals surface area contributed by atoms with Crippen LogP contribution in [0.5, 0.6) is 0 Å². The summed E-state index contributed by atoms with van der Waals surface area (Å²) in [4.78, 5) is 23.8. The second-order valence-corrected chi connectivity index (χ2v) is 10.8. The van der Waals surface area contributed by atoms with Crippen LogP contribution in [0.1, 0.15) is 46.1 Å². The number of nitrogens with zero attached hydrogens (tertiary/aromatic N) is 3. The molecule has 3 N–H and O–H groups in total. The first-order chi connectivity index (χ1) is 14.9. The van der Waals surface area contributed by atoms with E-state index in [0.29, 0.717) is 28.4 Å². The third-order valence-corrected chi connectivity index (χ3v) is 6.86. The van der Waals surface area contributed by atoms with Gasteiger partial charge in [0, 0.05) is 24.2 Å². The average molecular weight is 458 g/mol. The van der Waals surface area contributed by atoms with E-state index in [1.165, 1.54) is 0 Å². The maximum atomic E-state index is 12.3. The SMILES string of the molecule is Cc1cccc(-c2ncc(N3C[C@@H]4C[C@](C)(NC(=O)OC(C)(C)C)C[C@@H]4C3)nc2N)c1Cl. The van der Waals surface area contributed by atoms with Crippen LogP contribution in [0.2, 0.25) is 5.02 Å². The quantitative estimate of drug-likeness (QED) is 0.686. The molecule has 1 aliphatic carbocycles. The maximum absolute atomic E-state index is 12.3. The Morgan fingerprint density at radius 1 is 1.28 bits per heavy atom. The van der Waals surface area contributed by atoms with E-state index in [1.807, 2.05) is 45.9 Å². The zero-order valence-corrected chi connectivity index (χ0v) is 20.2. The molecule has 1 aromatic heterocycles. The minimum Gasteiger partial charge on any atom is -0.444 e. The molecule has 0 unspecified atom stereocenters. The fourth-order valence-corrected chi connectivity index (χ4v) is 5.28. The molecule has 1 aliphatic heterocycles. The lowest BCUT2D eigenvalue weighted by molar-refractivity contribution is 0.0462. The molecule has 0 radical (unpaired) electrons. The number of carbonyl (C=O) groups is 1. The van der Waals surface area contributed by atoms with Crippen molar-refractivity contribution in [2.45, 2.75) is 58.6 Å². The molecular formula is C24H32ClN5O2. The van der Waals surface area contributed by atoms with Crippen LogP contribution in [0.3, 0.4) is 0 Å². The maximum Gasteiger partial charge on any atom is 0.408 e. The number of alkyl carbamates (subject to hydrolysis) is 1. The summed E-state index contributed by atoms with van der Waals surface area (Å²) in [6.07, 6.45) is 3.25. The standard InChI is InChI=1S/C24H32ClN5O2/c1-14-7-6-8-17(19(14)25)20-21(26)28-18(11-27-20)30-12-15-9-24(5,10-16(15)13-30)29-22(31)32-23(2,3)4/h6-8,11,15-16H,9-10,12-13H2,1-5H3,(H2,26,28)(H,29,31)/t15-,16+,24-. The molecule has 8 heteroatoms. The Kier molecular flexibility index (Phi) is 5.74. The first-order valence-electron chi connectivity index (χ1n) is 11.1. The summed E-state index contributed by atoms with van der Waals surface area (Å²) in [7, 11) is 0. The minimum absolute atomic E-state index is 0.250. The Balaban J connectivity index is 1.43. The molecule has 172 valence electrons. The second kappa shape index (κ2) is 8.10.